The summed E-state index contributed by atoms with van der Waals surface area (Å²) in [6, 6.07) is 13.2. The minimum absolute atomic E-state index is 0.0342. The van der Waals surface area contributed by atoms with Crippen molar-refractivity contribution < 1.29 is 30.8 Å². The zero-order chi connectivity index (χ0) is 19.9. The van der Waals surface area contributed by atoms with Gasteiger partial charge in [0.25, 0.3) is 0 Å². The Hall–Kier alpha value is -2.41. The van der Waals surface area contributed by atoms with Crippen molar-refractivity contribution in [3.63, 3.8) is 0 Å². The number of halogens is 1. The van der Waals surface area contributed by atoms with Crippen molar-refractivity contribution >= 4 is 17.5 Å². The Balaban J connectivity index is 1.67. The van der Waals surface area contributed by atoms with Gasteiger partial charge in [-0.25, -0.2) is 0 Å². The second-order valence-corrected chi connectivity index (χ2v) is 11.5. The van der Waals surface area contributed by atoms with Crippen molar-refractivity contribution in [2.75, 3.05) is 5.32 Å². The molecular weight excluding hydrogens is 463 g/mol. The van der Waals surface area contributed by atoms with Crippen molar-refractivity contribution in [1.82, 2.24) is 4.90 Å². The second-order valence-electron chi connectivity index (χ2n) is 7.53. The summed E-state index contributed by atoms with van der Waals surface area (Å²) >= 11 is -0.210. The number of rotatable bonds is 2. The molecule has 0 saturated carbocycles. The number of amides is 2. The molecule has 0 unspecified atom stereocenters. The molecule has 4 nitrogen and oxygen atoms in total. The molecule has 28 heavy (non-hydrogen) atoms. The number of imide groups is 1. The molecule has 2 aromatic carbocycles. The van der Waals surface area contributed by atoms with Gasteiger partial charge in [-0.3, -0.25) is 0 Å². The maximum atomic E-state index is 12.7. The van der Waals surface area contributed by atoms with Crippen LogP contribution >= 0.6 is 0 Å². The number of carbonyl (C=O) groups is 2. The van der Waals surface area contributed by atoms with Crippen LogP contribution in [0, 0.1) is 0 Å². The fourth-order valence-electron chi connectivity index (χ4n) is 3.45. The number of allylic oxidation sites excluding steroid dienone is 2. The molecule has 2 heterocycles. The molecule has 2 amide bonds. The minimum atomic E-state index is -0.213. The van der Waals surface area contributed by atoms with Crippen LogP contribution in [0.15, 0.2) is 64.4 Å². The molecule has 0 bridgehead atoms. The van der Waals surface area contributed by atoms with E-state index in [4.69, 9.17) is 0 Å². The molecule has 0 saturated heterocycles. The van der Waals surface area contributed by atoms with Crippen LogP contribution in [0.4, 0.5) is 5.69 Å². The number of carbonyl (C=O) groups excluding carboxylic acids is 2. The zero-order valence-corrected chi connectivity index (χ0v) is 18.3. The summed E-state index contributed by atoms with van der Waals surface area (Å²) in [6.45, 7) is 6.94. The van der Waals surface area contributed by atoms with E-state index in [-0.39, 0.29) is 36.4 Å². The molecule has 0 spiro atoms. The Labute approximate surface area is 175 Å². The molecule has 0 radical (unpaired) electrons. The monoisotopic (exact) mass is 485 g/mol. The molecule has 2 aliphatic heterocycles. The van der Waals surface area contributed by atoms with Crippen LogP contribution in [-0.4, -0.2) is 16.7 Å². The molecule has 144 valence electrons. The average Bonchev–Trinajstić information content (AvgIpc) is 2.94. The third-order valence-corrected chi connectivity index (χ3v) is 8.46. The first-order valence-electron chi connectivity index (χ1n) is 9.20. The van der Waals surface area contributed by atoms with E-state index in [1.165, 1.54) is 16.0 Å². The van der Waals surface area contributed by atoms with Crippen LogP contribution in [0.25, 0.3) is 0 Å². The third kappa shape index (κ3) is 3.39. The molecule has 0 fully saturated rings. The Morgan fingerprint density at radius 2 is 1.71 bits per heavy atom. The number of nitrogens with one attached hydrogen (secondary N) is 1. The molecule has 5 heteroatoms. The van der Waals surface area contributed by atoms with Gasteiger partial charge in [0.15, 0.2) is 0 Å². The van der Waals surface area contributed by atoms with Crippen LogP contribution in [0.1, 0.15) is 52.6 Å². The summed E-state index contributed by atoms with van der Waals surface area (Å²) in [6.07, 6.45) is 4.07. The fraction of sp³-hybridized carbons (Fsp3) is 0.217. The number of nitrogens with zero attached hydrogens (tertiary/aromatic N) is 1. The van der Waals surface area contributed by atoms with Gasteiger partial charge in [-0.1, -0.05) is 0 Å². The van der Waals surface area contributed by atoms with Gasteiger partial charge in [0, 0.05) is 0 Å². The van der Waals surface area contributed by atoms with Gasteiger partial charge in [0.1, 0.15) is 0 Å². The molecule has 0 aliphatic carbocycles. The molecule has 1 N–H and O–H groups in total. The first-order chi connectivity index (χ1) is 13.4. The van der Waals surface area contributed by atoms with E-state index < -0.39 is 0 Å². The molecule has 4 rings (SSSR count). The van der Waals surface area contributed by atoms with E-state index in [9.17, 15) is 9.59 Å². The van der Waals surface area contributed by atoms with Gasteiger partial charge in [-0.15, -0.1) is 0 Å². The second kappa shape index (κ2) is 7.20. The summed E-state index contributed by atoms with van der Waals surface area (Å²) in [5.41, 5.74) is 5.53. The zero-order valence-electron chi connectivity index (χ0n) is 16.1. The molecule has 2 aliphatic rings. The Morgan fingerprint density at radius 3 is 2.39 bits per heavy atom. The Kier molecular flexibility index (Phi) is 4.87. The van der Waals surface area contributed by atoms with Crippen molar-refractivity contribution in [1.29, 1.82) is 0 Å². The molecule has 0 aromatic heterocycles. The quantitative estimate of drug-likeness (QED) is 0.400. The number of hydrogen-bond donors (Lipinski definition) is 1. The normalized spacial score (nSPS) is 21.1. The number of anilines is 1. The van der Waals surface area contributed by atoms with Gasteiger partial charge in [0.2, 0.25) is 0 Å². The van der Waals surface area contributed by atoms with Gasteiger partial charge in [0.05, 0.1) is 0 Å². The summed E-state index contributed by atoms with van der Waals surface area (Å²) in [5.74, 6) is -0.425. The number of fused-ring (bicyclic) bond motifs is 2. The van der Waals surface area contributed by atoms with Crippen LogP contribution in [0.5, 0.6) is 0 Å². The van der Waals surface area contributed by atoms with Gasteiger partial charge in [-0.2, -0.15) is 0 Å². The van der Waals surface area contributed by atoms with E-state index >= 15 is 0 Å². The number of benzene rings is 2. The first-order valence-corrected chi connectivity index (χ1v) is 11.5. The van der Waals surface area contributed by atoms with Gasteiger partial charge >= 0.3 is 176 Å². The maximum absolute atomic E-state index is 12.7. The van der Waals surface area contributed by atoms with Gasteiger partial charge < -0.3 is 0 Å². The predicted octanol–water partition coefficient (Wildman–Crippen LogP) is 1.65. The number of alkyl halides is 1. The Morgan fingerprint density at radius 1 is 1.04 bits per heavy atom. The van der Waals surface area contributed by atoms with Crippen LogP contribution < -0.4 is 26.5 Å². The van der Waals surface area contributed by atoms with E-state index in [1.54, 1.807) is 24.3 Å². The van der Waals surface area contributed by atoms with Gasteiger partial charge in [-0.05, 0) is 0 Å². The summed E-state index contributed by atoms with van der Waals surface area (Å²) in [4.78, 5) is 26.7. The topological polar surface area (TPSA) is 49.4 Å². The fourth-order valence-corrected chi connectivity index (χ4v) is 5.71. The standard InChI is InChI=1S/C23H22IN2O2/c1-15-10-11-25-20-9-8-16(12-19(20)23(2,3)24-13-15)14-26-21(27)17-6-4-5-7-18(17)22(26)28/h4-13,25H,14H2,1-3H3/q-1/b11-10-,15-13-. The molecule has 0 atom stereocenters. The van der Waals surface area contributed by atoms with Crippen molar-refractivity contribution in [2.45, 2.75) is 30.7 Å². The SMILES string of the molecule is CC1=C/[I-]C(C)(C)c2cc(CN3C(=O)c4ccccc4C3=O)ccc2N/C=C\1. The average molecular weight is 485 g/mol. The molecule has 2 aromatic rings. The van der Waals surface area contributed by atoms with E-state index in [2.05, 4.69) is 48.4 Å². The Bertz CT molecular complexity index is 1000. The third-order valence-electron chi connectivity index (χ3n) is 5.03. The summed E-state index contributed by atoms with van der Waals surface area (Å²) < 4.78 is 2.38. The van der Waals surface area contributed by atoms with E-state index in [0.717, 1.165) is 11.3 Å². The van der Waals surface area contributed by atoms with Crippen LogP contribution in [0.2, 0.25) is 0 Å². The van der Waals surface area contributed by atoms with Crippen molar-refractivity contribution in [3.8, 4) is 0 Å². The first kappa shape index (κ1) is 18.9. The molecular formula is C23H22IN2O2-. The van der Waals surface area contributed by atoms with Crippen molar-refractivity contribution in [3.05, 3.63) is 86.7 Å². The van der Waals surface area contributed by atoms with Crippen LogP contribution in [0.3, 0.4) is 0 Å². The van der Waals surface area contributed by atoms with Crippen molar-refractivity contribution in [2.24, 2.45) is 0 Å². The van der Waals surface area contributed by atoms with E-state index in [0.29, 0.717) is 17.7 Å². The summed E-state index contributed by atoms with van der Waals surface area (Å²) in [7, 11) is 0. The van der Waals surface area contributed by atoms with Crippen LogP contribution in [-0.2, 0) is 9.97 Å². The predicted molar refractivity (Wildman–Crippen MR) is 107 cm³/mol. The summed E-state index contributed by atoms with van der Waals surface area (Å²) in [5, 5.41) is 3.39. The number of hydrogen-bond acceptors (Lipinski definition) is 3. The van der Waals surface area contributed by atoms with E-state index in [1.807, 2.05) is 12.3 Å².